The normalized spacial score (nSPS) is 13.4. The lowest BCUT2D eigenvalue weighted by molar-refractivity contribution is 0.0736. The molecule has 5 aromatic rings. The van der Waals surface area contributed by atoms with E-state index in [-0.39, 0.29) is 34.4 Å². The number of benzene rings is 4. The molecule has 1 aliphatic rings. The molecule has 0 N–H and O–H groups in total. The number of carbonyl (C=O) groups is 2. The molecule has 6 nitrogen and oxygen atoms in total. The minimum Gasteiger partial charge on any atom is -0.497 e. The molecule has 0 saturated heterocycles. The molecule has 0 unspecified atom stereocenters. The molecule has 4 aromatic carbocycles. The average Bonchev–Trinajstić information content (AvgIpc) is 3.47. The summed E-state index contributed by atoms with van der Waals surface area (Å²) in [4.78, 5) is 26.3. The molecule has 0 amide bonds. The Balaban J connectivity index is 1.33. The van der Waals surface area contributed by atoms with Crippen molar-refractivity contribution in [3.63, 3.8) is 0 Å². The largest absolute Gasteiger partial charge is 0.497 e. The highest BCUT2D eigenvalue weighted by atomic mass is 19.1. The quantitative estimate of drug-likeness (QED) is 0.144. The minimum absolute atomic E-state index is 0.0920. The van der Waals surface area contributed by atoms with Gasteiger partial charge in [-0.3, -0.25) is 4.79 Å². The van der Waals surface area contributed by atoms with E-state index in [0.29, 0.717) is 39.2 Å². The van der Waals surface area contributed by atoms with Crippen LogP contribution in [-0.2, 0) is 0 Å². The fourth-order valence-corrected chi connectivity index (χ4v) is 4.30. The van der Waals surface area contributed by atoms with Gasteiger partial charge >= 0.3 is 5.97 Å². The lowest BCUT2D eigenvalue weighted by Crippen LogP contribution is -2.09. The Morgan fingerprint density at radius 3 is 2.42 bits per heavy atom. The van der Waals surface area contributed by atoms with Crippen LogP contribution >= 0.6 is 0 Å². The Labute approximate surface area is 216 Å². The fraction of sp³-hybridized carbons (Fsp3) is 0.0323. The van der Waals surface area contributed by atoms with Crippen molar-refractivity contribution in [2.45, 2.75) is 0 Å². The van der Waals surface area contributed by atoms with E-state index in [0.717, 1.165) is 0 Å². The van der Waals surface area contributed by atoms with E-state index in [9.17, 15) is 14.0 Å². The number of esters is 1. The zero-order valence-corrected chi connectivity index (χ0v) is 20.1. The van der Waals surface area contributed by atoms with Crippen molar-refractivity contribution >= 4 is 28.8 Å². The van der Waals surface area contributed by atoms with Crippen LogP contribution in [0.2, 0.25) is 0 Å². The smallest absolute Gasteiger partial charge is 0.348 e. The summed E-state index contributed by atoms with van der Waals surface area (Å²) in [6.07, 6.45) is 1.53. The topological polar surface area (TPSA) is 75.0 Å². The number of furan rings is 1. The predicted molar refractivity (Wildman–Crippen MR) is 139 cm³/mol. The van der Waals surface area contributed by atoms with Crippen LogP contribution in [0, 0.1) is 5.82 Å². The maximum atomic E-state index is 13.5. The van der Waals surface area contributed by atoms with Crippen LogP contribution in [0.1, 0.15) is 26.3 Å². The number of allylic oxidation sites excluding steroid dienone is 1. The van der Waals surface area contributed by atoms with E-state index in [1.165, 1.54) is 30.3 Å². The van der Waals surface area contributed by atoms with Crippen LogP contribution < -0.4 is 14.2 Å². The summed E-state index contributed by atoms with van der Waals surface area (Å²) in [6.45, 7) is 0. The number of ether oxygens (including phenoxy) is 3. The molecule has 0 bridgehead atoms. The van der Waals surface area contributed by atoms with Crippen molar-refractivity contribution in [2.24, 2.45) is 0 Å². The lowest BCUT2D eigenvalue weighted by Gasteiger charge is -2.07. The van der Waals surface area contributed by atoms with E-state index in [1.807, 2.05) is 30.3 Å². The summed E-state index contributed by atoms with van der Waals surface area (Å²) in [5, 5.41) is 0.547. The standard InChI is InChI=1S/C31H19FO6/c1-35-21-12-14-25-24(16-21)28(30(38-25)19-5-3-2-4-6-19)31(34)36-22-11-13-23-26(17-22)37-27(29(23)33)15-18-7-9-20(32)10-8-18/h2-17H,1H3. The van der Waals surface area contributed by atoms with Gasteiger partial charge in [0.1, 0.15) is 40.0 Å². The first-order valence-corrected chi connectivity index (χ1v) is 11.7. The van der Waals surface area contributed by atoms with Gasteiger partial charge in [-0.25, -0.2) is 9.18 Å². The number of ketones is 1. The second kappa shape index (κ2) is 9.37. The zero-order chi connectivity index (χ0) is 26.2. The Kier molecular flexibility index (Phi) is 5.73. The summed E-state index contributed by atoms with van der Waals surface area (Å²) in [7, 11) is 1.54. The molecule has 1 aliphatic heterocycles. The third-order valence-electron chi connectivity index (χ3n) is 6.15. The van der Waals surface area contributed by atoms with Gasteiger partial charge in [-0.1, -0.05) is 42.5 Å². The van der Waals surface area contributed by atoms with Gasteiger partial charge < -0.3 is 18.6 Å². The molecule has 0 spiro atoms. The number of Topliss-reactive ketones (excluding diaryl/α,β-unsaturated/α-hetero) is 1. The van der Waals surface area contributed by atoms with Crippen LogP contribution in [0.3, 0.4) is 0 Å². The number of rotatable bonds is 5. The summed E-state index contributed by atoms with van der Waals surface area (Å²) in [5.41, 5.74) is 2.43. The summed E-state index contributed by atoms with van der Waals surface area (Å²) in [6, 6.07) is 24.7. The van der Waals surface area contributed by atoms with Crippen molar-refractivity contribution in [2.75, 3.05) is 7.11 Å². The first kappa shape index (κ1) is 23.2. The van der Waals surface area contributed by atoms with Gasteiger partial charge in [-0.15, -0.1) is 0 Å². The van der Waals surface area contributed by atoms with E-state index < -0.39 is 5.97 Å². The highest BCUT2D eigenvalue weighted by Gasteiger charge is 2.29. The van der Waals surface area contributed by atoms with Crippen molar-refractivity contribution in [1.29, 1.82) is 0 Å². The maximum absolute atomic E-state index is 13.5. The Morgan fingerprint density at radius 2 is 1.66 bits per heavy atom. The van der Waals surface area contributed by atoms with Gasteiger partial charge in [0, 0.05) is 17.0 Å². The summed E-state index contributed by atoms with van der Waals surface area (Å²) in [5.74, 6) is 0.155. The minimum atomic E-state index is -0.637. The molecule has 0 radical (unpaired) electrons. The lowest BCUT2D eigenvalue weighted by atomic mass is 10.1. The Morgan fingerprint density at radius 1 is 0.895 bits per heavy atom. The highest BCUT2D eigenvalue weighted by molar-refractivity contribution is 6.15. The number of methoxy groups -OCH3 is 1. The van der Waals surface area contributed by atoms with Crippen LogP contribution in [0.25, 0.3) is 28.4 Å². The predicted octanol–water partition coefficient (Wildman–Crippen LogP) is 7.08. The van der Waals surface area contributed by atoms with Gasteiger partial charge in [-0.2, -0.15) is 0 Å². The van der Waals surface area contributed by atoms with Gasteiger partial charge in [0.15, 0.2) is 5.76 Å². The zero-order valence-electron chi connectivity index (χ0n) is 20.1. The summed E-state index contributed by atoms with van der Waals surface area (Å²) < 4.78 is 36.1. The molecule has 1 aromatic heterocycles. The van der Waals surface area contributed by atoms with Crippen LogP contribution in [0.15, 0.2) is 101 Å². The average molecular weight is 506 g/mol. The van der Waals surface area contributed by atoms with Gasteiger partial charge in [0.25, 0.3) is 0 Å². The SMILES string of the molecule is COc1ccc2oc(-c3ccccc3)c(C(=O)Oc3ccc4c(c3)OC(=Cc3ccc(F)cc3)C4=O)c2c1. The number of halogens is 1. The molecule has 0 atom stereocenters. The molecule has 0 saturated carbocycles. The van der Waals surface area contributed by atoms with E-state index >= 15 is 0 Å². The van der Waals surface area contributed by atoms with Crippen molar-refractivity contribution in [3.05, 3.63) is 119 Å². The molecule has 38 heavy (non-hydrogen) atoms. The first-order chi connectivity index (χ1) is 18.5. The molecule has 7 heteroatoms. The number of fused-ring (bicyclic) bond motifs is 2. The third kappa shape index (κ3) is 4.20. The number of hydrogen-bond donors (Lipinski definition) is 0. The molecule has 0 aliphatic carbocycles. The Hall–Kier alpha value is -5.17. The Bertz CT molecular complexity index is 1730. The van der Waals surface area contributed by atoms with Crippen molar-refractivity contribution in [3.8, 4) is 28.6 Å². The van der Waals surface area contributed by atoms with E-state index in [2.05, 4.69) is 0 Å². The third-order valence-corrected chi connectivity index (χ3v) is 6.15. The van der Waals surface area contributed by atoms with E-state index in [4.69, 9.17) is 18.6 Å². The van der Waals surface area contributed by atoms with Crippen molar-refractivity contribution < 1.29 is 32.6 Å². The molecule has 6 rings (SSSR count). The van der Waals surface area contributed by atoms with Crippen LogP contribution in [-0.4, -0.2) is 18.9 Å². The number of carbonyl (C=O) groups excluding carboxylic acids is 2. The second-order valence-electron chi connectivity index (χ2n) is 8.57. The molecular weight excluding hydrogens is 487 g/mol. The second-order valence-corrected chi connectivity index (χ2v) is 8.57. The first-order valence-electron chi connectivity index (χ1n) is 11.7. The molecular formula is C31H19FO6. The maximum Gasteiger partial charge on any atom is 0.348 e. The van der Waals surface area contributed by atoms with Crippen LogP contribution in [0.4, 0.5) is 4.39 Å². The van der Waals surface area contributed by atoms with Gasteiger partial charge in [0.05, 0.1) is 12.7 Å². The van der Waals surface area contributed by atoms with E-state index in [1.54, 1.807) is 43.5 Å². The van der Waals surface area contributed by atoms with Crippen LogP contribution in [0.5, 0.6) is 17.2 Å². The molecule has 186 valence electrons. The molecule has 0 fully saturated rings. The number of hydrogen-bond acceptors (Lipinski definition) is 6. The van der Waals surface area contributed by atoms with Gasteiger partial charge in [-0.05, 0) is 54.1 Å². The summed E-state index contributed by atoms with van der Waals surface area (Å²) >= 11 is 0. The monoisotopic (exact) mass is 506 g/mol. The highest BCUT2D eigenvalue weighted by Crippen LogP contribution is 2.38. The van der Waals surface area contributed by atoms with Gasteiger partial charge in [0.2, 0.25) is 5.78 Å². The van der Waals surface area contributed by atoms with Crippen molar-refractivity contribution in [1.82, 2.24) is 0 Å². The molecule has 2 heterocycles. The fourth-order valence-electron chi connectivity index (χ4n) is 4.30.